The van der Waals surface area contributed by atoms with Crippen LogP contribution < -0.4 is 0 Å². The molecule has 0 aliphatic carbocycles. The summed E-state index contributed by atoms with van der Waals surface area (Å²) in [4.78, 5) is -0.105. The van der Waals surface area contributed by atoms with E-state index >= 15 is 0 Å². The maximum atomic E-state index is 13.4. The fourth-order valence-electron chi connectivity index (χ4n) is 1.81. The number of sulfonamides is 1. The zero-order valence-corrected chi connectivity index (χ0v) is 12.3. The van der Waals surface area contributed by atoms with Crippen molar-refractivity contribution in [2.24, 2.45) is 0 Å². The molecule has 0 bridgehead atoms. The van der Waals surface area contributed by atoms with Crippen molar-refractivity contribution in [1.82, 2.24) is 4.31 Å². The molecule has 0 amide bonds. The average molecular weight is 354 g/mol. The van der Waals surface area contributed by atoms with Gasteiger partial charge < -0.3 is 9.84 Å². The summed E-state index contributed by atoms with van der Waals surface area (Å²) in [6.45, 7) is 0.219. The molecule has 0 saturated carbocycles. The monoisotopic (exact) mass is 353 g/mol. The van der Waals surface area contributed by atoms with E-state index in [4.69, 9.17) is 9.84 Å². The third-order valence-electron chi connectivity index (χ3n) is 2.83. The lowest BCUT2D eigenvalue weighted by molar-refractivity contribution is -0.0304. The van der Waals surface area contributed by atoms with Crippen molar-refractivity contribution in [2.75, 3.05) is 26.3 Å². The smallest absolute Gasteiger partial charge is 0.243 e. The van der Waals surface area contributed by atoms with Crippen molar-refractivity contribution in [3.8, 4) is 0 Å². The van der Waals surface area contributed by atoms with Gasteiger partial charge in [-0.05, 0) is 34.1 Å². The minimum Gasteiger partial charge on any atom is -0.394 e. The standard InChI is InChI=1S/C11H13BrFNO4S/c12-10-2-1-9(5-11(10)13)19(16,17)14-3-4-18-8(6-14)7-15/h1-2,5,8,15H,3-4,6-7H2. The number of rotatable bonds is 3. The zero-order chi connectivity index (χ0) is 14.0. The summed E-state index contributed by atoms with van der Waals surface area (Å²) < 4.78 is 44.7. The number of ether oxygens (including phenoxy) is 1. The van der Waals surface area contributed by atoms with Crippen molar-refractivity contribution in [1.29, 1.82) is 0 Å². The molecule has 1 N–H and O–H groups in total. The first-order valence-corrected chi connectivity index (χ1v) is 7.86. The molecule has 1 aliphatic heterocycles. The van der Waals surface area contributed by atoms with Gasteiger partial charge in [-0.2, -0.15) is 4.31 Å². The van der Waals surface area contributed by atoms with Gasteiger partial charge in [-0.25, -0.2) is 12.8 Å². The van der Waals surface area contributed by atoms with E-state index in [0.29, 0.717) is 0 Å². The minimum absolute atomic E-state index is 0.0660. The highest BCUT2D eigenvalue weighted by Gasteiger charge is 2.30. The first kappa shape index (κ1) is 14.9. The SMILES string of the molecule is O=S(=O)(c1ccc(Br)c(F)c1)N1CCOC(CO)C1. The highest BCUT2D eigenvalue weighted by atomic mass is 79.9. The summed E-state index contributed by atoms with van der Waals surface area (Å²) in [6.07, 6.45) is -0.538. The van der Waals surface area contributed by atoms with Crippen LogP contribution in [-0.4, -0.2) is 50.2 Å². The Labute approximate surface area is 119 Å². The maximum Gasteiger partial charge on any atom is 0.243 e. The Hall–Kier alpha value is -0.540. The van der Waals surface area contributed by atoms with Gasteiger partial charge in [0.05, 0.1) is 28.7 Å². The molecule has 2 rings (SSSR count). The fourth-order valence-corrected chi connectivity index (χ4v) is 3.52. The van der Waals surface area contributed by atoms with Crippen LogP contribution >= 0.6 is 15.9 Å². The van der Waals surface area contributed by atoms with E-state index in [1.807, 2.05) is 0 Å². The molecule has 1 fully saturated rings. The maximum absolute atomic E-state index is 13.4. The lowest BCUT2D eigenvalue weighted by atomic mass is 10.3. The molecule has 1 unspecified atom stereocenters. The Balaban J connectivity index is 2.28. The summed E-state index contributed by atoms with van der Waals surface area (Å²) in [5, 5.41) is 9.01. The van der Waals surface area contributed by atoms with E-state index in [0.717, 1.165) is 6.07 Å². The normalized spacial score (nSPS) is 21.5. The highest BCUT2D eigenvalue weighted by Crippen LogP contribution is 2.23. The lowest BCUT2D eigenvalue weighted by Gasteiger charge is -2.31. The van der Waals surface area contributed by atoms with E-state index in [-0.39, 0.29) is 35.7 Å². The molecule has 0 spiro atoms. The number of aliphatic hydroxyl groups is 1. The Bertz CT molecular complexity index is 566. The van der Waals surface area contributed by atoms with Crippen LogP contribution in [0.15, 0.2) is 27.6 Å². The van der Waals surface area contributed by atoms with Crippen LogP contribution in [0.5, 0.6) is 0 Å². The molecule has 1 aromatic rings. The molecule has 1 saturated heterocycles. The van der Waals surface area contributed by atoms with Gasteiger partial charge in [0.2, 0.25) is 10.0 Å². The molecule has 0 radical (unpaired) electrons. The van der Waals surface area contributed by atoms with E-state index in [9.17, 15) is 12.8 Å². The molecule has 8 heteroatoms. The summed E-state index contributed by atoms with van der Waals surface area (Å²) in [6, 6.07) is 3.67. The molecule has 1 heterocycles. The van der Waals surface area contributed by atoms with Crippen molar-refractivity contribution < 1.29 is 22.7 Å². The molecule has 1 aromatic carbocycles. The topological polar surface area (TPSA) is 66.8 Å². The van der Waals surface area contributed by atoms with Gasteiger partial charge in [0.15, 0.2) is 0 Å². The Morgan fingerprint density at radius 1 is 1.53 bits per heavy atom. The van der Waals surface area contributed by atoms with Crippen LogP contribution in [0.3, 0.4) is 0 Å². The van der Waals surface area contributed by atoms with E-state index in [2.05, 4.69) is 15.9 Å². The van der Waals surface area contributed by atoms with E-state index in [1.165, 1.54) is 16.4 Å². The Kier molecular flexibility index (Phi) is 4.57. The molecule has 19 heavy (non-hydrogen) atoms. The van der Waals surface area contributed by atoms with E-state index in [1.54, 1.807) is 0 Å². The number of nitrogens with zero attached hydrogens (tertiary/aromatic N) is 1. The molecule has 1 aliphatic rings. The summed E-state index contributed by atoms with van der Waals surface area (Å²) in [7, 11) is -3.76. The summed E-state index contributed by atoms with van der Waals surface area (Å²) >= 11 is 2.98. The van der Waals surface area contributed by atoms with Gasteiger partial charge in [-0.3, -0.25) is 0 Å². The first-order valence-electron chi connectivity index (χ1n) is 5.63. The van der Waals surface area contributed by atoms with Crippen molar-refractivity contribution >= 4 is 26.0 Å². The lowest BCUT2D eigenvalue weighted by Crippen LogP contribution is -2.46. The average Bonchev–Trinajstić information content (AvgIpc) is 2.41. The highest BCUT2D eigenvalue weighted by molar-refractivity contribution is 9.10. The number of aliphatic hydroxyl groups excluding tert-OH is 1. The van der Waals surface area contributed by atoms with Crippen LogP contribution in [-0.2, 0) is 14.8 Å². The van der Waals surface area contributed by atoms with Crippen molar-refractivity contribution in [2.45, 2.75) is 11.0 Å². The van der Waals surface area contributed by atoms with Gasteiger partial charge >= 0.3 is 0 Å². The zero-order valence-electron chi connectivity index (χ0n) is 9.92. The van der Waals surface area contributed by atoms with Crippen LogP contribution in [0.25, 0.3) is 0 Å². The number of morpholine rings is 1. The second kappa shape index (κ2) is 5.84. The number of benzene rings is 1. The fraction of sp³-hybridized carbons (Fsp3) is 0.455. The van der Waals surface area contributed by atoms with Crippen LogP contribution in [0.2, 0.25) is 0 Å². The Morgan fingerprint density at radius 3 is 2.89 bits per heavy atom. The van der Waals surface area contributed by atoms with Gasteiger partial charge in [0.1, 0.15) is 5.82 Å². The summed E-state index contributed by atoms with van der Waals surface area (Å²) in [5.41, 5.74) is 0. The third kappa shape index (κ3) is 3.14. The number of hydrogen-bond donors (Lipinski definition) is 1. The largest absolute Gasteiger partial charge is 0.394 e. The van der Waals surface area contributed by atoms with Crippen LogP contribution in [0.1, 0.15) is 0 Å². The molecular weight excluding hydrogens is 341 g/mol. The second-order valence-corrected chi connectivity index (χ2v) is 6.91. The quantitative estimate of drug-likeness (QED) is 0.879. The predicted octanol–water partition coefficient (Wildman–Crippen LogP) is 0.970. The summed E-state index contributed by atoms with van der Waals surface area (Å²) in [5.74, 6) is -0.631. The predicted molar refractivity (Wildman–Crippen MR) is 69.7 cm³/mol. The van der Waals surface area contributed by atoms with Crippen LogP contribution in [0.4, 0.5) is 4.39 Å². The van der Waals surface area contributed by atoms with Crippen molar-refractivity contribution in [3.63, 3.8) is 0 Å². The number of hydrogen-bond acceptors (Lipinski definition) is 4. The van der Waals surface area contributed by atoms with Crippen molar-refractivity contribution in [3.05, 3.63) is 28.5 Å². The van der Waals surface area contributed by atoms with Gasteiger partial charge in [0, 0.05) is 13.1 Å². The van der Waals surface area contributed by atoms with Crippen LogP contribution in [0, 0.1) is 5.82 Å². The first-order chi connectivity index (χ1) is 8.95. The number of halogens is 2. The second-order valence-electron chi connectivity index (χ2n) is 4.11. The van der Waals surface area contributed by atoms with E-state index < -0.39 is 21.9 Å². The minimum atomic E-state index is -3.76. The third-order valence-corrected chi connectivity index (χ3v) is 5.34. The molecule has 5 nitrogen and oxygen atoms in total. The molecule has 1 atom stereocenters. The van der Waals surface area contributed by atoms with Gasteiger partial charge in [-0.15, -0.1) is 0 Å². The molecular formula is C11H13BrFNO4S. The Morgan fingerprint density at radius 2 is 2.26 bits per heavy atom. The molecule has 0 aromatic heterocycles. The van der Waals surface area contributed by atoms with Gasteiger partial charge in [0.25, 0.3) is 0 Å². The van der Waals surface area contributed by atoms with Gasteiger partial charge in [-0.1, -0.05) is 0 Å². The molecule has 106 valence electrons.